The summed E-state index contributed by atoms with van der Waals surface area (Å²) >= 11 is 0. The van der Waals surface area contributed by atoms with Crippen LogP contribution in [0.2, 0.25) is 0 Å². The van der Waals surface area contributed by atoms with E-state index < -0.39 is 18.2 Å². The number of halogens is 3. The van der Waals surface area contributed by atoms with E-state index in [1.165, 1.54) is 17.0 Å². The zero-order valence-corrected chi connectivity index (χ0v) is 12.9. The summed E-state index contributed by atoms with van der Waals surface area (Å²) < 4.78 is 44.4. The molecule has 0 amide bonds. The summed E-state index contributed by atoms with van der Waals surface area (Å²) in [5.74, 6) is -0.552. The number of hydrogen-bond donors (Lipinski definition) is 1. The van der Waals surface area contributed by atoms with Gasteiger partial charge in [0.2, 0.25) is 0 Å². The van der Waals surface area contributed by atoms with Crippen LogP contribution in [0, 0.1) is 6.92 Å². The Labute approximate surface area is 132 Å². The Morgan fingerprint density at radius 1 is 1.39 bits per heavy atom. The maximum atomic E-state index is 13.0. The van der Waals surface area contributed by atoms with Gasteiger partial charge in [-0.1, -0.05) is 6.42 Å². The largest absolute Gasteiger partial charge is 0.492 e. The molecule has 1 aromatic rings. The molecule has 128 valence electrons. The minimum Gasteiger partial charge on any atom is -0.492 e. The van der Waals surface area contributed by atoms with Gasteiger partial charge in [0.15, 0.2) is 0 Å². The van der Waals surface area contributed by atoms with Crippen molar-refractivity contribution in [3.63, 3.8) is 0 Å². The molecule has 2 rings (SSSR count). The smallest absolute Gasteiger partial charge is 0.404 e. The second-order valence-corrected chi connectivity index (χ2v) is 5.72. The number of alkyl halides is 3. The molecule has 0 aliphatic carbocycles. The van der Waals surface area contributed by atoms with Crippen LogP contribution < -0.4 is 4.74 Å². The molecule has 1 aliphatic rings. The number of nitrogens with zero attached hydrogens (tertiary/aromatic N) is 1. The van der Waals surface area contributed by atoms with Crippen LogP contribution in [0.5, 0.6) is 5.75 Å². The number of hydrogen-bond acceptors (Lipinski definition) is 3. The van der Waals surface area contributed by atoms with Gasteiger partial charge in [-0.2, -0.15) is 13.2 Å². The number of aryl methyl sites for hydroxylation is 1. The summed E-state index contributed by atoms with van der Waals surface area (Å²) in [4.78, 5) is 12.3. The van der Waals surface area contributed by atoms with Gasteiger partial charge in [0.1, 0.15) is 18.4 Å². The van der Waals surface area contributed by atoms with Crippen molar-refractivity contribution in [2.24, 2.45) is 0 Å². The number of benzene rings is 1. The van der Waals surface area contributed by atoms with Gasteiger partial charge in [0.25, 0.3) is 0 Å². The van der Waals surface area contributed by atoms with Crippen molar-refractivity contribution in [2.45, 2.75) is 38.4 Å². The Morgan fingerprint density at radius 3 is 2.74 bits per heavy atom. The fourth-order valence-electron chi connectivity index (χ4n) is 2.88. The lowest BCUT2D eigenvalue weighted by Gasteiger charge is -2.36. The van der Waals surface area contributed by atoms with Crippen LogP contribution in [0.3, 0.4) is 0 Å². The van der Waals surface area contributed by atoms with Crippen molar-refractivity contribution in [1.82, 2.24) is 4.90 Å². The van der Waals surface area contributed by atoms with Crippen LogP contribution in [0.4, 0.5) is 13.2 Å². The van der Waals surface area contributed by atoms with E-state index in [1.54, 1.807) is 13.0 Å². The predicted molar refractivity (Wildman–Crippen MR) is 78.9 cm³/mol. The molecular formula is C16H20F3NO3. The third-order valence-corrected chi connectivity index (χ3v) is 4.07. The molecule has 1 aromatic carbocycles. The highest BCUT2D eigenvalue weighted by Gasteiger charge is 2.44. The van der Waals surface area contributed by atoms with Crippen molar-refractivity contribution < 1.29 is 27.8 Å². The van der Waals surface area contributed by atoms with E-state index in [2.05, 4.69) is 0 Å². The van der Waals surface area contributed by atoms with Gasteiger partial charge >= 0.3 is 12.1 Å². The van der Waals surface area contributed by atoms with Crippen molar-refractivity contribution in [2.75, 3.05) is 19.7 Å². The molecule has 0 bridgehead atoms. The number of aromatic carboxylic acids is 1. The summed E-state index contributed by atoms with van der Waals surface area (Å²) in [5.41, 5.74) is 0.742. The van der Waals surface area contributed by atoms with E-state index in [0.717, 1.165) is 6.42 Å². The van der Waals surface area contributed by atoms with Gasteiger partial charge in [0, 0.05) is 6.54 Å². The fraction of sp³-hybridized carbons (Fsp3) is 0.562. The van der Waals surface area contributed by atoms with Gasteiger partial charge in [-0.25, -0.2) is 4.79 Å². The normalized spacial score (nSPS) is 19.6. The third kappa shape index (κ3) is 4.60. The highest BCUT2D eigenvalue weighted by Crippen LogP contribution is 2.31. The zero-order chi connectivity index (χ0) is 17.0. The molecule has 1 N–H and O–H groups in total. The number of likely N-dealkylation sites (tertiary alicyclic amines) is 1. The lowest BCUT2D eigenvalue weighted by molar-refractivity contribution is -0.191. The molecule has 0 spiro atoms. The Balaban J connectivity index is 1.91. The van der Waals surface area contributed by atoms with Crippen LogP contribution in [-0.2, 0) is 0 Å². The first-order valence-electron chi connectivity index (χ1n) is 7.56. The summed E-state index contributed by atoms with van der Waals surface area (Å²) in [6.45, 7) is 2.41. The van der Waals surface area contributed by atoms with Crippen LogP contribution >= 0.6 is 0 Å². The van der Waals surface area contributed by atoms with Crippen LogP contribution in [0.15, 0.2) is 18.2 Å². The van der Waals surface area contributed by atoms with Crippen molar-refractivity contribution in [3.8, 4) is 5.75 Å². The van der Waals surface area contributed by atoms with Crippen molar-refractivity contribution in [1.29, 1.82) is 0 Å². The highest BCUT2D eigenvalue weighted by atomic mass is 19.4. The average molecular weight is 331 g/mol. The van der Waals surface area contributed by atoms with Crippen LogP contribution in [-0.4, -0.2) is 47.9 Å². The fourth-order valence-corrected chi connectivity index (χ4v) is 2.88. The van der Waals surface area contributed by atoms with E-state index >= 15 is 0 Å². The molecule has 0 aromatic heterocycles. The first-order chi connectivity index (χ1) is 10.8. The lowest BCUT2D eigenvalue weighted by Crippen LogP contribution is -2.49. The van der Waals surface area contributed by atoms with Crippen LogP contribution in [0.1, 0.15) is 35.2 Å². The second-order valence-electron chi connectivity index (χ2n) is 5.72. The minimum absolute atomic E-state index is 0.135. The minimum atomic E-state index is -4.21. The summed E-state index contributed by atoms with van der Waals surface area (Å²) in [7, 11) is 0. The number of carboxylic acid groups (broad SMARTS) is 1. The van der Waals surface area contributed by atoms with E-state index in [-0.39, 0.29) is 25.1 Å². The van der Waals surface area contributed by atoms with Crippen molar-refractivity contribution in [3.05, 3.63) is 29.3 Å². The summed E-state index contributed by atoms with van der Waals surface area (Å²) in [6.07, 6.45) is -2.72. The standard InChI is InChI=1S/C16H20F3NO3/c1-11-10-12(5-6-13(11)15(21)22)23-9-8-20-7-3-2-4-14(20)16(17,18)19/h5-6,10,14H,2-4,7-9H2,1H3,(H,21,22). The molecule has 0 radical (unpaired) electrons. The van der Waals surface area contributed by atoms with E-state index in [4.69, 9.17) is 9.84 Å². The predicted octanol–water partition coefficient (Wildman–Crippen LogP) is 3.49. The van der Waals surface area contributed by atoms with Crippen molar-refractivity contribution >= 4 is 5.97 Å². The molecule has 1 saturated heterocycles. The molecule has 4 nitrogen and oxygen atoms in total. The third-order valence-electron chi connectivity index (χ3n) is 4.07. The average Bonchev–Trinajstić information content (AvgIpc) is 2.46. The Bertz CT molecular complexity index is 560. The monoisotopic (exact) mass is 331 g/mol. The second kappa shape index (κ2) is 7.21. The Morgan fingerprint density at radius 2 is 2.13 bits per heavy atom. The molecule has 7 heteroatoms. The number of rotatable bonds is 5. The number of ether oxygens (including phenoxy) is 1. The van der Waals surface area contributed by atoms with E-state index in [0.29, 0.717) is 24.3 Å². The Kier molecular flexibility index (Phi) is 5.51. The zero-order valence-electron chi connectivity index (χ0n) is 12.9. The quantitative estimate of drug-likeness (QED) is 0.897. The first-order valence-corrected chi connectivity index (χ1v) is 7.56. The number of carbonyl (C=O) groups is 1. The molecule has 1 heterocycles. The molecule has 1 unspecified atom stereocenters. The Hall–Kier alpha value is -1.76. The molecular weight excluding hydrogens is 311 g/mol. The van der Waals surface area contributed by atoms with Gasteiger partial charge < -0.3 is 9.84 Å². The maximum Gasteiger partial charge on any atom is 0.404 e. The van der Waals surface area contributed by atoms with Gasteiger partial charge in [-0.3, -0.25) is 4.90 Å². The summed E-state index contributed by atoms with van der Waals surface area (Å²) in [5, 5.41) is 8.95. The van der Waals surface area contributed by atoms with Crippen LogP contribution in [0.25, 0.3) is 0 Å². The van der Waals surface area contributed by atoms with Gasteiger partial charge in [-0.15, -0.1) is 0 Å². The topological polar surface area (TPSA) is 49.8 Å². The number of carboxylic acids is 1. The SMILES string of the molecule is Cc1cc(OCCN2CCCCC2C(F)(F)F)ccc1C(=O)O. The van der Waals surface area contributed by atoms with Gasteiger partial charge in [0.05, 0.1) is 5.56 Å². The number of piperidine rings is 1. The van der Waals surface area contributed by atoms with Gasteiger partial charge in [-0.05, 0) is 50.1 Å². The molecule has 1 fully saturated rings. The highest BCUT2D eigenvalue weighted by molar-refractivity contribution is 5.89. The molecule has 0 saturated carbocycles. The molecule has 23 heavy (non-hydrogen) atoms. The molecule has 1 atom stereocenters. The van der Waals surface area contributed by atoms with E-state index in [1.807, 2.05) is 0 Å². The first kappa shape index (κ1) is 17.6. The maximum absolute atomic E-state index is 13.0. The lowest BCUT2D eigenvalue weighted by atomic mass is 10.0. The summed E-state index contributed by atoms with van der Waals surface area (Å²) in [6, 6.07) is 3.15. The van der Waals surface area contributed by atoms with E-state index in [9.17, 15) is 18.0 Å². The molecule has 1 aliphatic heterocycles.